The van der Waals surface area contributed by atoms with Crippen LogP contribution in [0.4, 0.5) is 11.4 Å². The van der Waals surface area contributed by atoms with Gasteiger partial charge in [0.05, 0.1) is 27.3 Å². The molecule has 1 heterocycles. The Morgan fingerprint density at radius 2 is 2.16 bits per heavy atom. The van der Waals surface area contributed by atoms with Gasteiger partial charge < -0.3 is 11.1 Å². The Hall–Kier alpha value is -1.38. The van der Waals surface area contributed by atoms with Crippen LogP contribution in [0.2, 0.25) is 0 Å². The van der Waals surface area contributed by atoms with Crippen molar-refractivity contribution in [2.45, 2.75) is 0 Å². The highest BCUT2D eigenvalue weighted by molar-refractivity contribution is 7.89. The number of nitrogens with two attached hydrogens (primary N) is 1. The topological polar surface area (TPSA) is 88.3 Å². The Labute approximate surface area is 116 Å². The van der Waals surface area contributed by atoms with E-state index in [9.17, 15) is 8.42 Å². The predicted molar refractivity (Wildman–Crippen MR) is 80.0 cm³/mol. The van der Waals surface area contributed by atoms with E-state index < -0.39 is 10.0 Å². The summed E-state index contributed by atoms with van der Waals surface area (Å²) in [4.78, 5) is 4.19. The summed E-state index contributed by atoms with van der Waals surface area (Å²) in [5, 5.41) is 3.04. The van der Waals surface area contributed by atoms with Gasteiger partial charge in [0, 0.05) is 20.6 Å². The van der Waals surface area contributed by atoms with Crippen LogP contribution in [0.15, 0.2) is 17.6 Å². The predicted octanol–water partition coefficient (Wildman–Crippen LogP) is 1.18. The number of thiazole rings is 1. The Bertz CT molecular complexity index is 679. The number of anilines is 2. The molecule has 104 valence electrons. The van der Waals surface area contributed by atoms with Gasteiger partial charge >= 0.3 is 0 Å². The van der Waals surface area contributed by atoms with Gasteiger partial charge in [-0.25, -0.2) is 17.7 Å². The lowest BCUT2D eigenvalue weighted by atomic mass is 10.2. The Kier molecular flexibility index (Phi) is 3.93. The number of nitrogens with zero attached hydrogens (tertiary/aromatic N) is 2. The molecule has 6 nitrogen and oxygen atoms in total. The van der Waals surface area contributed by atoms with Crippen molar-refractivity contribution in [3.05, 3.63) is 17.6 Å². The van der Waals surface area contributed by atoms with Crippen LogP contribution in [0.25, 0.3) is 10.2 Å². The molecule has 0 radical (unpaired) electrons. The van der Waals surface area contributed by atoms with Crippen LogP contribution in [-0.4, -0.2) is 44.1 Å². The van der Waals surface area contributed by atoms with Crippen molar-refractivity contribution < 1.29 is 8.42 Å². The lowest BCUT2D eigenvalue weighted by molar-refractivity contribution is 0.521. The zero-order chi connectivity index (χ0) is 14.0. The second-order valence-corrected chi connectivity index (χ2v) is 7.44. The van der Waals surface area contributed by atoms with E-state index >= 15 is 0 Å². The first kappa shape index (κ1) is 14.0. The van der Waals surface area contributed by atoms with Crippen LogP contribution in [0.3, 0.4) is 0 Å². The monoisotopic (exact) mass is 300 g/mol. The standard InChI is InChI=1S/C11H16N4O2S2/c1-15(2)19(16,17)6-5-13-8-3-4-9-11(10(8)12)14-7-18-9/h3-4,7,13H,5-6,12H2,1-2H3. The van der Waals surface area contributed by atoms with Crippen LogP contribution in [-0.2, 0) is 10.0 Å². The summed E-state index contributed by atoms with van der Waals surface area (Å²) in [6.45, 7) is 0.306. The van der Waals surface area contributed by atoms with E-state index in [2.05, 4.69) is 10.3 Å². The zero-order valence-electron chi connectivity index (χ0n) is 10.8. The molecule has 19 heavy (non-hydrogen) atoms. The van der Waals surface area contributed by atoms with E-state index in [0.29, 0.717) is 17.9 Å². The van der Waals surface area contributed by atoms with Gasteiger partial charge in [0.1, 0.15) is 5.52 Å². The smallest absolute Gasteiger partial charge is 0.215 e. The quantitative estimate of drug-likeness (QED) is 0.810. The van der Waals surface area contributed by atoms with Crippen LogP contribution >= 0.6 is 11.3 Å². The van der Waals surface area contributed by atoms with Gasteiger partial charge in [-0.05, 0) is 12.1 Å². The molecule has 0 aliphatic rings. The lowest BCUT2D eigenvalue weighted by Gasteiger charge is -2.13. The molecule has 2 rings (SSSR count). The fourth-order valence-corrected chi connectivity index (χ4v) is 3.02. The van der Waals surface area contributed by atoms with E-state index in [-0.39, 0.29) is 5.75 Å². The summed E-state index contributed by atoms with van der Waals surface area (Å²) < 4.78 is 25.5. The Balaban J connectivity index is 2.08. The minimum absolute atomic E-state index is 0.0224. The third-order valence-electron chi connectivity index (χ3n) is 2.77. The van der Waals surface area contributed by atoms with Crippen LogP contribution in [0.1, 0.15) is 0 Å². The van der Waals surface area contributed by atoms with E-state index in [1.165, 1.54) is 29.7 Å². The molecule has 2 aromatic rings. The number of aromatic nitrogens is 1. The van der Waals surface area contributed by atoms with Gasteiger partial charge in [-0.3, -0.25) is 0 Å². The van der Waals surface area contributed by atoms with E-state index in [1.54, 1.807) is 5.51 Å². The fraction of sp³-hybridized carbons (Fsp3) is 0.364. The van der Waals surface area contributed by atoms with Crippen molar-refractivity contribution in [1.29, 1.82) is 0 Å². The molecule has 1 aromatic heterocycles. The second kappa shape index (κ2) is 5.32. The third kappa shape index (κ3) is 2.96. The van der Waals surface area contributed by atoms with Crippen molar-refractivity contribution in [3.63, 3.8) is 0 Å². The van der Waals surface area contributed by atoms with Gasteiger partial charge in [-0.15, -0.1) is 11.3 Å². The number of nitrogens with one attached hydrogen (secondary N) is 1. The molecule has 0 aliphatic heterocycles. The maximum Gasteiger partial charge on any atom is 0.215 e. The van der Waals surface area contributed by atoms with Crippen molar-refractivity contribution >= 4 is 43.0 Å². The van der Waals surface area contributed by atoms with Crippen molar-refractivity contribution in [3.8, 4) is 0 Å². The molecule has 0 atom stereocenters. The Morgan fingerprint density at radius 1 is 1.42 bits per heavy atom. The van der Waals surface area contributed by atoms with Crippen molar-refractivity contribution in [1.82, 2.24) is 9.29 Å². The average Bonchev–Trinajstić information content (AvgIpc) is 2.80. The number of sulfonamides is 1. The van der Waals surface area contributed by atoms with E-state index in [1.807, 2.05) is 12.1 Å². The molecule has 0 unspecified atom stereocenters. The van der Waals surface area contributed by atoms with Crippen LogP contribution < -0.4 is 11.1 Å². The van der Waals surface area contributed by atoms with Gasteiger partial charge in [0.2, 0.25) is 10.0 Å². The molecule has 0 saturated carbocycles. The lowest BCUT2D eigenvalue weighted by Crippen LogP contribution is -2.28. The number of hydrogen-bond acceptors (Lipinski definition) is 6. The maximum absolute atomic E-state index is 11.6. The molecule has 1 aromatic carbocycles. The largest absolute Gasteiger partial charge is 0.395 e. The molecule has 3 N–H and O–H groups in total. The van der Waals surface area contributed by atoms with Crippen molar-refractivity contribution in [2.75, 3.05) is 37.4 Å². The second-order valence-electron chi connectivity index (χ2n) is 4.25. The highest BCUT2D eigenvalue weighted by Gasteiger charge is 2.13. The summed E-state index contributed by atoms with van der Waals surface area (Å²) >= 11 is 1.52. The molecule has 0 aliphatic carbocycles. The van der Waals surface area contributed by atoms with Crippen LogP contribution in [0.5, 0.6) is 0 Å². The first-order chi connectivity index (χ1) is 8.92. The maximum atomic E-state index is 11.6. The molecular formula is C11H16N4O2S2. The number of nitrogen functional groups attached to an aromatic ring is 1. The van der Waals surface area contributed by atoms with E-state index in [0.717, 1.165) is 10.2 Å². The zero-order valence-corrected chi connectivity index (χ0v) is 12.4. The summed E-state index contributed by atoms with van der Waals surface area (Å²) in [5.41, 5.74) is 9.76. The minimum atomic E-state index is -3.20. The summed E-state index contributed by atoms with van der Waals surface area (Å²) in [7, 11) is -0.159. The highest BCUT2D eigenvalue weighted by atomic mass is 32.2. The SMILES string of the molecule is CN(C)S(=O)(=O)CCNc1ccc2scnc2c1N. The minimum Gasteiger partial charge on any atom is -0.395 e. The molecule has 0 amide bonds. The fourth-order valence-electron chi connectivity index (χ4n) is 1.60. The van der Waals surface area contributed by atoms with Gasteiger partial charge in [-0.2, -0.15) is 0 Å². The normalized spacial score (nSPS) is 12.2. The van der Waals surface area contributed by atoms with Crippen LogP contribution in [0, 0.1) is 0 Å². The molecule has 0 bridgehead atoms. The van der Waals surface area contributed by atoms with Gasteiger partial charge in [0.15, 0.2) is 0 Å². The molecular weight excluding hydrogens is 284 g/mol. The first-order valence-corrected chi connectivity index (χ1v) is 8.16. The first-order valence-electron chi connectivity index (χ1n) is 5.67. The highest BCUT2D eigenvalue weighted by Crippen LogP contribution is 2.29. The molecule has 0 fully saturated rings. The summed E-state index contributed by atoms with van der Waals surface area (Å²) in [5.74, 6) is 0.0224. The number of hydrogen-bond donors (Lipinski definition) is 2. The number of fused-ring (bicyclic) bond motifs is 1. The van der Waals surface area contributed by atoms with E-state index in [4.69, 9.17) is 5.73 Å². The molecule has 0 saturated heterocycles. The summed E-state index contributed by atoms with van der Waals surface area (Å²) in [6.07, 6.45) is 0. The van der Waals surface area contributed by atoms with Gasteiger partial charge in [-0.1, -0.05) is 0 Å². The molecule has 0 spiro atoms. The summed E-state index contributed by atoms with van der Waals surface area (Å²) in [6, 6.07) is 3.77. The number of rotatable bonds is 5. The average molecular weight is 300 g/mol. The number of benzene rings is 1. The third-order valence-corrected chi connectivity index (χ3v) is 5.40. The van der Waals surface area contributed by atoms with Gasteiger partial charge in [0.25, 0.3) is 0 Å². The van der Waals surface area contributed by atoms with Crippen molar-refractivity contribution in [2.24, 2.45) is 0 Å². The molecule has 8 heteroatoms. The Morgan fingerprint density at radius 3 is 2.84 bits per heavy atom.